The summed E-state index contributed by atoms with van der Waals surface area (Å²) in [4.78, 5) is 38.5. The van der Waals surface area contributed by atoms with Gasteiger partial charge < -0.3 is 4.90 Å². The van der Waals surface area contributed by atoms with E-state index in [9.17, 15) is 28.1 Å². The van der Waals surface area contributed by atoms with Crippen LogP contribution in [0.3, 0.4) is 0 Å². The topological polar surface area (TPSA) is 127 Å². The third kappa shape index (κ3) is 7.09. The van der Waals surface area contributed by atoms with Crippen molar-refractivity contribution in [3.8, 4) is 0 Å². The summed E-state index contributed by atoms with van der Waals surface area (Å²) in [6, 6.07) is 22.8. The molecule has 0 fully saturated rings. The van der Waals surface area contributed by atoms with Crippen LogP contribution in [0.4, 0.5) is 11.4 Å². The second-order valence-corrected chi connectivity index (χ2v) is 9.39. The first-order chi connectivity index (χ1) is 17.2. The van der Waals surface area contributed by atoms with Crippen molar-refractivity contribution in [1.82, 2.24) is 4.72 Å². The molecule has 0 aliphatic carbocycles. The molecule has 0 bridgehead atoms. The monoisotopic (exact) mass is 507 g/mol. The molecule has 2 amide bonds. The van der Waals surface area contributed by atoms with Crippen molar-refractivity contribution in [2.24, 2.45) is 5.92 Å². The van der Waals surface area contributed by atoms with Gasteiger partial charge in [-0.25, -0.2) is 13.1 Å². The van der Waals surface area contributed by atoms with Gasteiger partial charge in [0.15, 0.2) is 0 Å². The van der Waals surface area contributed by atoms with Crippen LogP contribution in [0.1, 0.15) is 18.1 Å². The molecule has 1 N–H and O–H groups in total. The first-order valence-corrected chi connectivity index (χ1v) is 12.6. The summed E-state index contributed by atoms with van der Waals surface area (Å²) in [7, 11) is -4.20. The summed E-state index contributed by atoms with van der Waals surface area (Å²) in [6.07, 6.45) is 1.19. The number of sulfonamides is 1. The Kier molecular flexibility index (Phi) is 8.69. The van der Waals surface area contributed by atoms with Crippen molar-refractivity contribution in [3.63, 3.8) is 0 Å². The second kappa shape index (κ2) is 11.9. The van der Waals surface area contributed by atoms with Crippen molar-refractivity contribution in [2.45, 2.75) is 13.3 Å². The average Bonchev–Trinajstić information content (AvgIpc) is 2.87. The highest BCUT2D eigenvalue weighted by atomic mass is 32.2. The molecule has 9 nitrogen and oxygen atoms in total. The third-order valence-electron chi connectivity index (χ3n) is 5.33. The highest BCUT2D eigenvalue weighted by Crippen LogP contribution is 2.21. The van der Waals surface area contributed by atoms with Gasteiger partial charge in [0.25, 0.3) is 15.7 Å². The SMILES string of the molecule is CCN(C(=O)C(Cc1ccc([N+](=O)[O-])cc1)C(=O)NS(=O)(=O)/C=C/c1ccccc1)c1ccccc1. The van der Waals surface area contributed by atoms with E-state index >= 15 is 0 Å². The summed E-state index contributed by atoms with van der Waals surface area (Å²) in [5.41, 5.74) is 1.50. The molecule has 0 aliphatic rings. The number of nitrogens with one attached hydrogen (secondary N) is 1. The zero-order valence-corrected chi connectivity index (χ0v) is 20.3. The highest BCUT2D eigenvalue weighted by molar-refractivity contribution is 7.93. The lowest BCUT2D eigenvalue weighted by Gasteiger charge is -2.26. The minimum absolute atomic E-state index is 0.140. The molecule has 0 saturated carbocycles. The van der Waals surface area contributed by atoms with Crippen LogP contribution in [0.2, 0.25) is 0 Å². The van der Waals surface area contributed by atoms with Crippen LogP contribution in [-0.2, 0) is 26.0 Å². The van der Waals surface area contributed by atoms with E-state index in [0.717, 1.165) is 5.41 Å². The number of para-hydroxylation sites is 1. The number of rotatable bonds is 10. The molecular formula is C26H25N3O6S. The van der Waals surface area contributed by atoms with E-state index < -0.39 is 32.7 Å². The van der Waals surface area contributed by atoms with Crippen LogP contribution in [-0.4, -0.2) is 31.7 Å². The Labute approximate surface area is 209 Å². The van der Waals surface area contributed by atoms with Crippen LogP contribution in [0.5, 0.6) is 0 Å². The number of anilines is 1. The molecule has 0 aliphatic heterocycles. The van der Waals surface area contributed by atoms with Gasteiger partial charge in [-0.15, -0.1) is 0 Å². The highest BCUT2D eigenvalue weighted by Gasteiger charge is 2.33. The Hall–Kier alpha value is -4.31. The van der Waals surface area contributed by atoms with Crippen LogP contribution in [0.15, 0.2) is 90.3 Å². The lowest BCUT2D eigenvalue weighted by Crippen LogP contribution is -2.46. The number of nitro benzene ring substituents is 1. The maximum atomic E-state index is 13.5. The molecule has 0 radical (unpaired) electrons. The molecular weight excluding hydrogens is 482 g/mol. The number of non-ortho nitro benzene ring substituents is 1. The van der Waals surface area contributed by atoms with Gasteiger partial charge in [-0.1, -0.05) is 60.7 Å². The Bertz CT molecular complexity index is 1340. The van der Waals surface area contributed by atoms with Gasteiger partial charge in [-0.2, -0.15) is 0 Å². The van der Waals surface area contributed by atoms with Crippen molar-refractivity contribution < 1.29 is 22.9 Å². The van der Waals surface area contributed by atoms with Gasteiger partial charge in [0, 0.05) is 24.4 Å². The number of hydrogen-bond donors (Lipinski definition) is 1. The van der Waals surface area contributed by atoms with Gasteiger partial charge in [0.2, 0.25) is 11.8 Å². The molecule has 1 unspecified atom stereocenters. The number of amides is 2. The predicted octanol–water partition coefficient (Wildman–Crippen LogP) is 3.92. The summed E-state index contributed by atoms with van der Waals surface area (Å²) < 4.78 is 27.2. The molecule has 1 atom stereocenters. The predicted molar refractivity (Wildman–Crippen MR) is 137 cm³/mol. The van der Waals surface area contributed by atoms with Crippen molar-refractivity contribution in [1.29, 1.82) is 0 Å². The van der Waals surface area contributed by atoms with Gasteiger partial charge in [0.05, 0.1) is 10.3 Å². The summed E-state index contributed by atoms with van der Waals surface area (Å²) in [6.45, 7) is 1.98. The summed E-state index contributed by atoms with van der Waals surface area (Å²) >= 11 is 0. The number of carbonyl (C=O) groups is 2. The number of hydrogen-bond acceptors (Lipinski definition) is 6. The van der Waals surface area contributed by atoms with E-state index in [1.54, 1.807) is 67.6 Å². The van der Waals surface area contributed by atoms with E-state index in [4.69, 9.17) is 0 Å². The lowest BCUT2D eigenvalue weighted by molar-refractivity contribution is -0.384. The third-order valence-corrected chi connectivity index (χ3v) is 6.31. The number of nitrogens with zero attached hydrogens (tertiary/aromatic N) is 2. The molecule has 0 heterocycles. The largest absolute Gasteiger partial charge is 0.312 e. The first kappa shape index (κ1) is 26.3. The fourth-order valence-corrected chi connectivity index (χ4v) is 4.35. The first-order valence-electron chi connectivity index (χ1n) is 11.1. The van der Waals surface area contributed by atoms with E-state index in [0.29, 0.717) is 16.8 Å². The maximum absolute atomic E-state index is 13.5. The van der Waals surface area contributed by atoms with Gasteiger partial charge in [-0.05, 0) is 42.7 Å². The number of benzene rings is 3. The Balaban J connectivity index is 1.89. The van der Waals surface area contributed by atoms with Gasteiger partial charge in [0.1, 0.15) is 5.92 Å². The Morgan fingerprint density at radius 1 is 0.972 bits per heavy atom. The molecule has 10 heteroatoms. The summed E-state index contributed by atoms with van der Waals surface area (Å²) in [5, 5.41) is 11.8. The van der Waals surface area contributed by atoms with Crippen LogP contribution in [0.25, 0.3) is 6.08 Å². The normalized spacial score (nSPS) is 12.1. The van der Waals surface area contributed by atoms with Crippen LogP contribution in [0, 0.1) is 16.0 Å². The van der Waals surface area contributed by atoms with E-state index in [1.807, 2.05) is 4.72 Å². The maximum Gasteiger partial charge on any atom is 0.269 e. The molecule has 3 rings (SSSR count). The Morgan fingerprint density at radius 3 is 2.11 bits per heavy atom. The smallest absolute Gasteiger partial charge is 0.269 e. The van der Waals surface area contributed by atoms with Crippen LogP contribution < -0.4 is 9.62 Å². The lowest BCUT2D eigenvalue weighted by atomic mass is 9.96. The molecule has 0 saturated heterocycles. The molecule has 36 heavy (non-hydrogen) atoms. The molecule has 186 valence electrons. The second-order valence-electron chi connectivity index (χ2n) is 7.82. The quantitative estimate of drug-likeness (QED) is 0.252. The molecule has 0 aromatic heterocycles. The number of carbonyl (C=O) groups excluding carboxylic acids is 2. The number of nitro groups is 1. The zero-order chi connectivity index (χ0) is 26.1. The van der Waals surface area contributed by atoms with E-state index in [2.05, 4.69) is 0 Å². The fourth-order valence-electron chi connectivity index (χ4n) is 3.52. The van der Waals surface area contributed by atoms with Crippen molar-refractivity contribution in [3.05, 3.63) is 112 Å². The molecule has 3 aromatic carbocycles. The minimum Gasteiger partial charge on any atom is -0.312 e. The van der Waals surface area contributed by atoms with E-state index in [-0.39, 0.29) is 18.7 Å². The summed E-state index contributed by atoms with van der Waals surface area (Å²) in [5.74, 6) is -2.99. The van der Waals surface area contributed by atoms with Crippen molar-refractivity contribution >= 4 is 39.3 Å². The molecule has 0 spiro atoms. The standard InChI is InChI=1S/C26H25N3O6S/c1-2-28(22-11-7-4-8-12-22)26(31)24(19-21-13-15-23(16-14-21)29(32)33)25(30)27-36(34,35)18-17-20-9-5-3-6-10-20/h3-18,24H,2,19H2,1H3,(H,27,30)/b18-17+. The fraction of sp³-hybridized carbons (Fsp3) is 0.154. The van der Waals surface area contributed by atoms with Gasteiger partial charge >= 0.3 is 0 Å². The van der Waals surface area contributed by atoms with E-state index in [1.165, 1.54) is 35.2 Å². The average molecular weight is 508 g/mol. The van der Waals surface area contributed by atoms with Crippen LogP contribution >= 0.6 is 0 Å². The zero-order valence-electron chi connectivity index (χ0n) is 19.5. The van der Waals surface area contributed by atoms with Gasteiger partial charge in [-0.3, -0.25) is 19.7 Å². The van der Waals surface area contributed by atoms with Crippen molar-refractivity contribution in [2.75, 3.05) is 11.4 Å². The minimum atomic E-state index is -4.20. The molecule has 3 aromatic rings. The Morgan fingerprint density at radius 2 is 1.56 bits per heavy atom.